The molecule has 40 heavy (non-hydrogen) atoms. The summed E-state index contributed by atoms with van der Waals surface area (Å²) in [5.74, 6) is -0.931. The van der Waals surface area contributed by atoms with Crippen LogP contribution >= 0.6 is 34.8 Å². The highest BCUT2D eigenvalue weighted by Crippen LogP contribution is 2.39. The molecular weight excluding hydrogens is 571 g/mol. The van der Waals surface area contributed by atoms with Gasteiger partial charge >= 0.3 is 0 Å². The number of Topliss-reactive ketones (excluding diaryl/α,β-unsaturated/α-hetero) is 1. The molecule has 3 aromatic heterocycles. The van der Waals surface area contributed by atoms with Crippen LogP contribution in [-0.4, -0.2) is 26.2 Å². The molecule has 10 heteroatoms. The number of carbonyl (C=O) groups is 2. The average molecular weight is 592 g/mol. The van der Waals surface area contributed by atoms with Crippen molar-refractivity contribution in [3.05, 3.63) is 110 Å². The molecule has 0 saturated heterocycles. The van der Waals surface area contributed by atoms with Crippen molar-refractivity contribution in [2.75, 3.05) is 5.32 Å². The van der Waals surface area contributed by atoms with Gasteiger partial charge in [0.1, 0.15) is 11.2 Å². The maximum absolute atomic E-state index is 13.9. The second kappa shape index (κ2) is 11.2. The lowest BCUT2D eigenvalue weighted by molar-refractivity contribution is -0.114. The number of carbonyl (C=O) groups excluding carboxylic acids is 2. The summed E-state index contributed by atoms with van der Waals surface area (Å²) in [5, 5.41) is 4.47. The van der Waals surface area contributed by atoms with E-state index in [-0.39, 0.29) is 23.4 Å². The summed E-state index contributed by atoms with van der Waals surface area (Å²) >= 11 is 19.0. The lowest BCUT2D eigenvalue weighted by Crippen LogP contribution is -2.29. The minimum atomic E-state index is -0.590. The molecule has 5 rings (SSSR count). The van der Waals surface area contributed by atoms with E-state index in [2.05, 4.69) is 10.3 Å². The molecule has 200 valence electrons. The van der Waals surface area contributed by atoms with Crippen molar-refractivity contribution < 1.29 is 9.59 Å². The van der Waals surface area contributed by atoms with Gasteiger partial charge in [-0.15, -0.1) is 0 Å². The topological polar surface area (TPSA) is 94.0 Å². The van der Waals surface area contributed by atoms with Crippen LogP contribution in [-0.2, 0) is 11.3 Å². The standard InChI is InChI=1S/C30H21Cl3N4O3/c1-16(38)26-28(35-17(2)39)24-13-23(19-5-7-20(31)8-6-19)27(22-10-9-21(32)12-25(22)33)36-29(24)37(30(26)40)15-18-4-3-11-34-14-18/h3-14H,15H2,1-2H3,(H,35,39). The average Bonchev–Trinajstić information content (AvgIpc) is 2.91. The minimum absolute atomic E-state index is 0.0882. The van der Waals surface area contributed by atoms with E-state index < -0.39 is 17.2 Å². The van der Waals surface area contributed by atoms with Crippen molar-refractivity contribution in [2.24, 2.45) is 0 Å². The third-order valence-electron chi connectivity index (χ3n) is 6.29. The number of nitrogens with zero attached hydrogens (tertiary/aromatic N) is 3. The number of hydrogen-bond acceptors (Lipinski definition) is 5. The number of fused-ring (bicyclic) bond motifs is 1. The molecule has 5 aromatic rings. The number of rotatable bonds is 6. The predicted molar refractivity (Wildman–Crippen MR) is 160 cm³/mol. The van der Waals surface area contributed by atoms with Gasteiger partial charge < -0.3 is 5.32 Å². The Labute approximate surface area is 244 Å². The zero-order valence-corrected chi connectivity index (χ0v) is 23.6. The largest absolute Gasteiger partial charge is 0.325 e. The van der Waals surface area contributed by atoms with Crippen LogP contribution in [0.5, 0.6) is 0 Å². The molecule has 0 atom stereocenters. The first-order valence-electron chi connectivity index (χ1n) is 12.1. The van der Waals surface area contributed by atoms with Gasteiger partial charge in [0.15, 0.2) is 5.78 Å². The molecule has 0 radical (unpaired) electrons. The van der Waals surface area contributed by atoms with Crippen molar-refractivity contribution in [1.82, 2.24) is 14.5 Å². The first-order chi connectivity index (χ1) is 19.1. The fourth-order valence-electron chi connectivity index (χ4n) is 4.56. The predicted octanol–water partition coefficient (Wildman–Crippen LogP) is 7.30. The van der Waals surface area contributed by atoms with Gasteiger partial charge in [-0.25, -0.2) is 4.98 Å². The lowest BCUT2D eigenvalue weighted by atomic mass is 9.96. The molecule has 7 nitrogen and oxygen atoms in total. The summed E-state index contributed by atoms with van der Waals surface area (Å²) in [6.07, 6.45) is 3.26. The van der Waals surface area contributed by atoms with Gasteiger partial charge in [0.05, 0.1) is 22.9 Å². The molecule has 0 bridgehead atoms. The van der Waals surface area contributed by atoms with E-state index >= 15 is 0 Å². The molecule has 0 aliphatic heterocycles. The molecule has 0 aliphatic carbocycles. The zero-order valence-electron chi connectivity index (χ0n) is 21.3. The van der Waals surface area contributed by atoms with Crippen LogP contribution in [0.2, 0.25) is 15.1 Å². The molecule has 0 fully saturated rings. The molecule has 2 aromatic carbocycles. The Morgan fingerprint density at radius 1 is 0.925 bits per heavy atom. The van der Waals surface area contributed by atoms with E-state index in [0.29, 0.717) is 37.3 Å². The Morgan fingerprint density at radius 3 is 2.27 bits per heavy atom. The van der Waals surface area contributed by atoms with Gasteiger partial charge in [0.2, 0.25) is 5.91 Å². The van der Waals surface area contributed by atoms with Crippen LogP contribution in [0.1, 0.15) is 29.8 Å². The highest BCUT2D eigenvalue weighted by molar-refractivity contribution is 6.36. The third-order valence-corrected chi connectivity index (χ3v) is 7.09. The van der Waals surface area contributed by atoms with Gasteiger partial charge in [0, 0.05) is 45.9 Å². The highest BCUT2D eigenvalue weighted by atomic mass is 35.5. The van der Waals surface area contributed by atoms with Gasteiger partial charge in [0.25, 0.3) is 5.56 Å². The second-order valence-corrected chi connectivity index (χ2v) is 10.4. The van der Waals surface area contributed by atoms with Crippen LogP contribution in [0.3, 0.4) is 0 Å². The van der Waals surface area contributed by atoms with E-state index in [1.54, 1.807) is 54.9 Å². The zero-order chi connectivity index (χ0) is 28.6. The van der Waals surface area contributed by atoms with Crippen molar-refractivity contribution in [3.8, 4) is 22.4 Å². The first-order valence-corrected chi connectivity index (χ1v) is 13.3. The van der Waals surface area contributed by atoms with Crippen molar-refractivity contribution >= 4 is 63.2 Å². The van der Waals surface area contributed by atoms with E-state index in [4.69, 9.17) is 39.8 Å². The fraction of sp³-hybridized carbons (Fsp3) is 0.100. The minimum Gasteiger partial charge on any atom is -0.325 e. The van der Waals surface area contributed by atoms with Crippen LogP contribution in [0.4, 0.5) is 5.69 Å². The molecule has 3 heterocycles. The fourth-order valence-corrected chi connectivity index (χ4v) is 5.18. The Kier molecular flexibility index (Phi) is 7.72. The van der Waals surface area contributed by atoms with E-state index in [0.717, 1.165) is 11.1 Å². The van der Waals surface area contributed by atoms with E-state index in [1.807, 2.05) is 18.2 Å². The molecular formula is C30H21Cl3N4O3. The van der Waals surface area contributed by atoms with Crippen molar-refractivity contribution in [3.63, 3.8) is 0 Å². The molecule has 1 amide bonds. The first kappa shape index (κ1) is 27.5. The Bertz CT molecular complexity index is 1850. The number of benzene rings is 2. The summed E-state index contributed by atoms with van der Waals surface area (Å²) in [6.45, 7) is 2.69. The molecule has 0 unspecified atom stereocenters. The summed E-state index contributed by atoms with van der Waals surface area (Å²) in [6, 6.07) is 17.6. The quantitative estimate of drug-likeness (QED) is 0.209. The summed E-state index contributed by atoms with van der Waals surface area (Å²) < 4.78 is 1.41. The number of ketones is 1. The Balaban J connectivity index is 1.96. The van der Waals surface area contributed by atoms with Crippen LogP contribution in [0.15, 0.2) is 77.9 Å². The SMILES string of the molecule is CC(=O)Nc1c(C(C)=O)c(=O)n(Cc2cccnc2)c2nc(-c3ccc(Cl)cc3Cl)c(-c3ccc(Cl)cc3)cc12. The smallest absolute Gasteiger partial charge is 0.265 e. The van der Waals surface area contributed by atoms with Crippen LogP contribution in [0.25, 0.3) is 33.4 Å². The van der Waals surface area contributed by atoms with E-state index in [1.165, 1.54) is 18.4 Å². The number of pyridine rings is 3. The Morgan fingerprint density at radius 2 is 1.65 bits per heavy atom. The number of nitrogens with one attached hydrogen (secondary N) is 1. The highest BCUT2D eigenvalue weighted by Gasteiger charge is 2.25. The number of halogens is 3. The maximum Gasteiger partial charge on any atom is 0.265 e. The molecule has 1 N–H and O–H groups in total. The summed E-state index contributed by atoms with van der Waals surface area (Å²) in [5.41, 5.74) is 2.78. The van der Waals surface area contributed by atoms with Crippen molar-refractivity contribution in [2.45, 2.75) is 20.4 Å². The summed E-state index contributed by atoms with van der Waals surface area (Å²) in [7, 11) is 0. The van der Waals surface area contributed by atoms with E-state index in [9.17, 15) is 14.4 Å². The van der Waals surface area contributed by atoms with Gasteiger partial charge in [-0.05, 0) is 60.5 Å². The molecule has 0 spiro atoms. The van der Waals surface area contributed by atoms with Crippen molar-refractivity contribution in [1.29, 1.82) is 0 Å². The molecule has 0 aliphatic rings. The van der Waals surface area contributed by atoms with Crippen LogP contribution in [0, 0.1) is 0 Å². The van der Waals surface area contributed by atoms with Crippen LogP contribution < -0.4 is 10.9 Å². The normalized spacial score (nSPS) is 11.0. The lowest BCUT2D eigenvalue weighted by Gasteiger charge is -2.20. The maximum atomic E-state index is 13.9. The third kappa shape index (κ3) is 5.36. The van der Waals surface area contributed by atoms with Gasteiger partial charge in [-0.2, -0.15) is 0 Å². The molecule has 0 saturated carbocycles. The number of aromatic nitrogens is 3. The monoisotopic (exact) mass is 590 g/mol. The number of amides is 1. The van der Waals surface area contributed by atoms with Gasteiger partial charge in [-0.1, -0.05) is 53.0 Å². The van der Waals surface area contributed by atoms with Gasteiger partial charge in [-0.3, -0.25) is 23.9 Å². The second-order valence-electron chi connectivity index (χ2n) is 9.13. The number of anilines is 1. The number of hydrogen-bond donors (Lipinski definition) is 1. The summed E-state index contributed by atoms with van der Waals surface area (Å²) in [4.78, 5) is 48.1. The Hall–Kier alpha value is -4.04.